The first-order chi connectivity index (χ1) is 7.22. The van der Waals surface area contributed by atoms with Gasteiger partial charge in [0.2, 0.25) is 0 Å². The van der Waals surface area contributed by atoms with Crippen molar-refractivity contribution in [3.8, 4) is 5.75 Å². The molecule has 0 saturated heterocycles. The molecule has 84 valence electrons. The first-order valence-corrected chi connectivity index (χ1v) is 5.15. The molecule has 0 radical (unpaired) electrons. The van der Waals surface area contributed by atoms with E-state index in [1.807, 2.05) is 24.3 Å². The van der Waals surface area contributed by atoms with Crippen molar-refractivity contribution in [2.24, 2.45) is 5.73 Å². The van der Waals surface area contributed by atoms with E-state index in [0.29, 0.717) is 0 Å². The minimum atomic E-state index is -0.0647. The molecular formula is C12H19NO2. The van der Waals surface area contributed by atoms with Crippen molar-refractivity contribution in [3.05, 3.63) is 29.8 Å². The average molecular weight is 209 g/mol. The van der Waals surface area contributed by atoms with Crippen LogP contribution < -0.4 is 10.5 Å². The molecule has 0 aliphatic carbocycles. The Kier molecular flexibility index (Phi) is 4.59. The minimum absolute atomic E-state index is 0.0158. The molecule has 0 amide bonds. The normalized spacial score (nSPS) is 14.7. The van der Waals surface area contributed by atoms with E-state index in [1.165, 1.54) is 0 Å². The summed E-state index contributed by atoms with van der Waals surface area (Å²) in [6, 6.07) is 7.84. The third kappa shape index (κ3) is 2.94. The van der Waals surface area contributed by atoms with Crippen molar-refractivity contribution in [2.75, 3.05) is 14.2 Å². The molecule has 0 aliphatic rings. The lowest BCUT2D eigenvalue weighted by molar-refractivity contribution is 0.0789. The van der Waals surface area contributed by atoms with Crippen LogP contribution in [-0.4, -0.2) is 20.3 Å². The monoisotopic (exact) mass is 209 g/mol. The van der Waals surface area contributed by atoms with E-state index in [0.717, 1.165) is 17.7 Å². The highest BCUT2D eigenvalue weighted by atomic mass is 16.5. The van der Waals surface area contributed by atoms with Gasteiger partial charge in [-0.1, -0.05) is 19.1 Å². The summed E-state index contributed by atoms with van der Waals surface area (Å²) in [5, 5.41) is 0. The predicted molar refractivity (Wildman–Crippen MR) is 61.0 cm³/mol. The van der Waals surface area contributed by atoms with Crippen molar-refractivity contribution in [2.45, 2.75) is 25.5 Å². The summed E-state index contributed by atoms with van der Waals surface area (Å²) in [5.41, 5.74) is 7.05. The summed E-state index contributed by atoms with van der Waals surface area (Å²) in [6.45, 7) is 2.05. The summed E-state index contributed by atoms with van der Waals surface area (Å²) in [6.07, 6.45) is 0.820. The molecule has 0 aromatic heterocycles. The van der Waals surface area contributed by atoms with Crippen molar-refractivity contribution < 1.29 is 9.47 Å². The zero-order chi connectivity index (χ0) is 11.3. The highest BCUT2D eigenvalue weighted by Crippen LogP contribution is 2.24. The van der Waals surface area contributed by atoms with Gasteiger partial charge in [-0.3, -0.25) is 0 Å². The first kappa shape index (κ1) is 12.0. The Morgan fingerprint density at radius 2 is 2.07 bits per heavy atom. The van der Waals surface area contributed by atoms with Gasteiger partial charge >= 0.3 is 0 Å². The van der Waals surface area contributed by atoms with Crippen molar-refractivity contribution in [1.29, 1.82) is 0 Å². The Morgan fingerprint density at radius 1 is 1.33 bits per heavy atom. The number of hydrogen-bond acceptors (Lipinski definition) is 3. The lowest BCUT2D eigenvalue weighted by Crippen LogP contribution is -2.28. The van der Waals surface area contributed by atoms with E-state index in [1.54, 1.807) is 14.2 Å². The Balaban J connectivity index is 2.91. The van der Waals surface area contributed by atoms with Gasteiger partial charge in [0, 0.05) is 13.2 Å². The highest BCUT2D eigenvalue weighted by molar-refractivity contribution is 5.30. The van der Waals surface area contributed by atoms with E-state index in [-0.39, 0.29) is 12.1 Å². The molecule has 2 unspecified atom stereocenters. The second-order valence-corrected chi connectivity index (χ2v) is 3.51. The Morgan fingerprint density at radius 3 is 2.60 bits per heavy atom. The molecule has 1 aromatic rings. The Labute approximate surface area is 91.2 Å². The highest BCUT2D eigenvalue weighted by Gasteiger charge is 2.17. The Hall–Kier alpha value is -1.06. The molecule has 0 heterocycles. The van der Waals surface area contributed by atoms with Crippen LogP contribution in [0.2, 0.25) is 0 Å². The third-order valence-corrected chi connectivity index (χ3v) is 2.54. The fraction of sp³-hybridized carbons (Fsp3) is 0.500. The number of rotatable bonds is 5. The molecule has 0 bridgehead atoms. The molecule has 0 spiro atoms. The van der Waals surface area contributed by atoms with Gasteiger partial charge < -0.3 is 15.2 Å². The lowest BCUT2D eigenvalue weighted by Gasteiger charge is -2.22. The van der Waals surface area contributed by atoms with Crippen LogP contribution in [0, 0.1) is 0 Å². The summed E-state index contributed by atoms with van der Waals surface area (Å²) >= 11 is 0. The first-order valence-electron chi connectivity index (χ1n) is 5.15. The molecular weight excluding hydrogens is 190 g/mol. The van der Waals surface area contributed by atoms with Crippen LogP contribution in [0.25, 0.3) is 0 Å². The zero-order valence-electron chi connectivity index (χ0n) is 9.57. The van der Waals surface area contributed by atoms with Gasteiger partial charge in [0.15, 0.2) is 0 Å². The molecule has 0 fully saturated rings. The van der Waals surface area contributed by atoms with Gasteiger partial charge in [0.25, 0.3) is 0 Å². The maximum atomic E-state index is 5.99. The van der Waals surface area contributed by atoms with E-state index in [2.05, 4.69) is 6.92 Å². The van der Waals surface area contributed by atoms with E-state index in [9.17, 15) is 0 Å². The smallest absolute Gasteiger partial charge is 0.119 e. The second-order valence-electron chi connectivity index (χ2n) is 3.51. The van der Waals surface area contributed by atoms with Crippen LogP contribution in [0.1, 0.15) is 25.0 Å². The lowest BCUT2D eigenvalue weighted by atomic mass is 10.0. The van der Waals surface area contributed by atoms with E-state index in [4.69, 9.17) is 15.2 Å². The van der Waals surface area contributed by atoms with Gasteiger partial charge in [-0.25, -0.2) is 0 Å². The second kappa shape index (κ2) is 5.73. The van der Waals surface area contributed by atoms with Gasteiger partial charge in [0.1, 0.15) is 5.75 Å². The molecule has 2 atom stereocenters. The fourth-order valence-electron chi connectivity index (χ4n) is 1.59. The molecule has 0 saturated carbocycles. The van der Waals surface area contributed by atoms with Crippen LogP contribution in [0.3, 0.4) is 0 Å². The van der Waals surface area contributed by atoms with Crippen LogP contribution in [0.5, 0.6) is 5.75 Å². The summed E-state index contributed by atoms with van der Waals surface area (Å²) in [5.74, 6) is 0.831. The molecule has 3 nitrogen and oxygen atoms in total. The predicted octanol–water partition coefficient (Wildman–Crippen LogP) is 2.12. The van der Waals surface area contributed by atoms with Crippen LogP contribution in [-0.2, 0) is 4.74 Å². The topological polar surface area (TPSA) is 44.5 Å². The quantitative estimate of drug-likeness (QED) is 0.807. The molecule has 3 heteroatoms. The van der Waals surface area contributed by atoms with Gasteiger partial charge in [-0.15, -0.1) is 0 Å². The molecule has 1 rings (SSSR count). The maximum Gasteiger partial charge on any atom is 0.119 e. The van der Waals surface area contributed by atoms with E-state index < -0.39 is 0 Å². The van der Waals surface area contributed by atoms with Crippen molar-refractivity contribution in [3.63, 3.8) is 0 Å². The van der Waals surface area contributed by atoms with Gasteiger partial charge in [-0.05, 0) is 24.1 Å². The number of benzene rings is 1. The minimum Gasteiger partial charge on any atom is -0.497 e. The van der Waals surface area contributed by atoms with E-state index >= 15 is 0 Å². The number of methoxy groups -OCH3 is 2. The van der Waals surface area contributed by atoms with Crippen LogP contribution >= 0.6 is 0 Å². The van der Waals surface area contributed by atoms with Crippen LogP contribution in [0.4, 0.5) is 0 Å². The average Bonchev–Trinajstić information content (AvgIpc) is 2.30. The molecule has 15 heavy (non-hydrogen) atoms. The SMILES string of the molecule is CCC(N)C(OC)c1cccc(OC)c1. The number of hydrogen-bond donors (Lipinski definition) is 1. The van der Waals surface area contributed by atoms with Crippen molar-refractivity contribution in [1.82, 2.24) is 0 Å². The summed E-state index contributed by atoms with van der Waals surface area (Å²) in [4.78, 5) is 0. The van der Waals surface area contributed by atoms with Crippen LogP contribution in [0.15, 0.2) is 24.3 Å². The summed E-state index contributed by atoms with van der Waals surface area (Å²) < 4.78 is 10.6. The fourth-order valence-corrected chi connectivity index (χ4v) is 1.59. The summed E-state index contributed by atoms with van der Waals surface area (Å²) in [7, 11) is 3.33. The number of nitrogens with two attached hydrogens (primary N) is 1. The van der Waals surface area contributed by atoms with Crippen molar-refractivity contribution >= 4 is 0 Å². The standard InChI is InChI=1S/C12H19NO2/c1-4-11(13)12(15-3)9-6-5-7-10(8-9)14-2/h5-8,11-12H,4,13H2,1-3H3. The molecule has 1 aromatic carbocycles. The van der Waals surface area contributed by atoms with Gasteiger partial charge in [0.05, 0.1) is 13.2 Å². The molecule has 2 N–H and O–H groups in total. The third-order valence-electron chi connectivity index (χ3n) is 2.54. The largest absolute Gasteiger partial charge is 0.497 e. The maximum absolute atomic E-state index is 5.99. The van der Waals surface area contributed by atoms with Gasteiger partial charge in [-0.2, -0.15) is 0 Å². The Bertz CT molecular complexity index is 301. The zero-order valence-corrected chi connectivity index (χ0v) is 9.57. The number of ether oxygens (including phenoxy) is 2. The molecule has 0 aliphatic heterocycles.